The molecule has 0 radical (unpaired) electrons. The number of carbonyl (C=O) groups is 4. The van der Waals surface area contributed by atoms with Crippen molar-refractivity contribution in [3.05, 3.63) is 45.9 Å². The maximum atomic E-state index is 13.1. The molecule has 0 unspecified atom stereocenters. The van der Waals surface area contributed by atoms with E-state index >= 15 is 0 Å². The number of rotatable bonds is 9. The number of thiazole rings is 2. The minimum atomic E-state index is -1.35. The fourth-order valence-corrected chi connectivity index (χ4v) is 6.87. The molecule has 3 aromatic rings. The van der Waals surface area contributed by atoms with Gasteiger partial charge in [0.2, 0.25) is 10.9 Å². The number of oxime groups is 1. The van der Waals surface area contributed by atoms with E-state index in [1.807, 2.05) is 33.7 Å². The van der Waals surface area contributed by atoms with Crippen molar-refractivity contribution >= 4 is 73.9 Å². The number of hydrogen-bond donors (Lipinski definition) is 4. The number of hydrogen-bond acceptors (Lipinski definition) is 11. The third kappa shape index (κ3) is 4.83. The van der Waals surface area contributed by atoms with E-state index in [4.69, 9.17) is 15.7 Å². The molecular weight excluding hydrogens is 570 g/mol. The summed E-state index contributed by atoms with van der Waals surface area (Å²) in [7, 11) is 0. The molecule has 39 heavy (non-hydrogen) atoms. The third-order valence-corrected chi connectivity index (χ3v) is 9.01. The zero-order chi connectivity index (χ0) is 28.0. The molecule has 0 bridgehead atoms. The van der Waals surface area contributed by atoms with Crippen LogP contribution in [0.2, 0.25) is 0 Å². The van der Waals surface area contributed by atoms with Gasteiger partial charge in [-0.3, -0.25) is 14.5 Å². The van der Waals surface area contributed by atoms with Gasteiger partial charge in [-0.2, -0.15) is 4.40 Å². The van der Waals surface area contributed by atoms with Gasteiger partial charge in [-0.25, -0.2) is 19.1 Å². The molecule has 1 fully saturated rings. The van der Waals surface area contributed by atoms with Crippen LogP contribution in [0.3, 0.4) is 0 Å². The molecule has 2 aliphatic heterocycles. The first-order valence-corrected chi connectivity index (χ1v) is 14.2. The Morgan fingerprint density at radius 3 is 2.77 bits per heavy atom. The van der Waals surface area contributed by atoms with E-state index in [9.17, 15) is 24.3 Å². The number of thioether (sulfide) groups is 1. The van der Waals surface area contributed by atoms with E-state index in [2.05, 4.69) is 15.5 Å². The van der Waals surface area contributed by atoms with Crippen LogP contribution in [0.4, 0.5) is 5.13 Å². The molecule has 0 aromatic carbocycles. The molecule has 1 saturated heterocycles. The lowest BCUT2D eigenvalue weighted by atomic mass is 10.0. The first-order chi connectivity index (χ1) is 18.6. The predicted octanol–water partition coefficient (Wildman–Crippen LogP) is 0.268. The van der Waals surface area contributed by atoms with Gasteiger partial charge < -0.3 is 26.1 Å². The number of nitrogens with zero attached hydrogens (tertiary/aromatic N) is 5. The lowest BCUT2D eigenvalue weighted by Gasteiger charge is -2.49. The van der Waals surface area contributed by atoms with Crippen LogP contribution < -0.4 is 15.6 Å². The molecular formula is C22H22N7O7S3+. The Morgan fingerprint density at radius 1 is 1.36 bits per heavy atom. The zero-order valence-electron chi connectivity index (χ0n) is 20.4. The second-order valence-corrected chi connectivity index (χ2v) is 11.6. The quantitative estimate of drug-likeness (QED) is 0.116. The first kappa shape index (κ1) is 26.6. The number of aromatic nitrogens is 3. The summed E-state index contributed by atoms with van der Waals surface area (Å²) >= 11 is 3.93. The van der Waals surface area contributed by atoms with Crippen molar-refractivity contribution in [1.29, 1.82) is 0 Å². The highest BCUT2D eigenvalue weighted by Gasteiger charge is 2.54. The number of anilines is 1. The van der Waals surface area contributed by atoms with Crippen LogP contribution in [0.15, 0.2) is 39.6 Å². The second-order valence-electron chi connectivity index (χ2n) is 8.63. The number of fused-ring (bicyclic) bond motifs is 2. The highest BCUT2D eigenvalue weighted by atomic mass is 32.2. The summed E-state index contributed by atoms with van der Waals surface area (Å²) in [6, 6.07) is -1.04. The van der Waals surface area contributed by atoms with Gasteiger partial charge in [-0.15, -0.1) is 23.1 Å². The van der Waals surface area contributed by atoms with Crippen LogP contribution in [0.5, 0.6) is 0 Å². The molecule has 17 heteroatoms. The van der Waals surface area contributed by atoms with Crippen LogP contribution in [-0.2, 0) is 30.6 Å². The van der Waals surface area contributed by atoms with Gasteiger partial charge in [0, 0.05) is 29.0 Å². The maximum absolute atomic E-state index is 13.1. The van der Waals surface area contributed by atoms with E-state index in [-0.39, 0.29) is 22.2 Å². The summed E-state index contributed by atoms with van der Waals surface area (Å²) in [5.74, 6) is -2.71. The van der Waals surface area contributed by atoms with Crippen molar-refractivity contribution in [2.75, 3.05) is 11.5 Å². The molecule has 3 aromatic heterocycles. The number of β-lactam (4-membered cyclic amide) rings is 1. The van der Waals surface area contributed by atoms with E-state index in [0.717, 1.165) is 22.0 Å². The van der Waals surface area contributed by atoms with Crippen LogP contribution in [-0.4, -0.2) is 77.2 Å². The normalized spacial score (nSPS) is 20.0. The minimum Gasteiger partial charge on any atom is -0.478 e. The second kappa shape index (κ2) is 10.3. The number of aryl methyl sites for hydroxylation is 1. The number of carboxylic acid groups (broad SMARTS) is 2. The maximum Gasteiger partial charge on any atom is 0.352 e. The number of carboxylic acids is 2. The van der Waals surface area contributed by atoms with Gasteiger partial charge in [-0.05, 0) is 6.92 Å². The number of carbonyl (C=O) groups excluding carboxylic acids is 2. The third-order valence-electron chi connectivity index (χ3n) is 6.19. The monoisotopic (exact) mass is 592 g/mol. The fraction of sp³-hybridized carbons (Fsp3) is 0.318. The van der Waals surface area contributed by atoms with Crippen molar-refractivity contribution in [3.63, 3.8) is 0 Å². The molecule has 2 amide bonds. The van der Waals surface area contributed by atoms with Crippen LogP contribution in [0.1, 0.15) is 18.4 Å². The molecule has 3 atom stereocenters. The Labute approximate surface area is 232 Å². The highest BCUT2D eigenvalue weighted by molar-refractivity contribution is 8.00. The molecule has 14 nitrogen and oxygen atoms in total. The molecule has 2 aliphatic rings. The molecule has 5 N–H and O–H groups in total. The van der Waals surface area contributed by atoms with Crippen LogP contribution in [0.25, 0.3) is 4.83 Å². The number of amides is 2. The SMILES string of the molecule is Cc1n2ccsc2c[n+]1CC1=C(C(=O)O)N2C(=O)[C@@H](NC(=O)/C(=N\O[C@@H](C)C(=O)O)c3csc(N)n3)[C@H]2SC1. The Bertz CT molecular complexity index is 1570. The molecule has 0 spiro atoms. The fourth-order valence-electron chi connectivity index (χ4n) is 4.17. The van der Waals surface area contributed by atoms with E-state index < -0.39 is 41.3 Å². The topological polar surface area (TPSA) is 193 Å². The molecule has 0 aliphatic carbocycles. The van der Waals surface area contributed by atoms with Crippen molar-refractivity contribution < 1.29 is 38.8 Å². The van der Waals surface area contributed by atoms with Gasteiger partial charge in [0.1, 0.15) is 41.7 Å². The number of nitrogens with one attached hydrogen (secondary N) is 1. The molecule has 5 rings (SSSR count). The lowest BCUT2D eigenvalue weighted by molar-refractivity contribution is -0.693. The van der Waals surface area contributed by atoms with Gasteiger partial charge in [0.15, 0.2) is 10.8 Å². The first-order valence-electron chi connectivity index (χ1n) is 11.4. The van der Waals surface area contributed by atoms with Crippen molar-refractivity contribution in [2.45, 2.75) is 37.9 Å². The van der Waals surface area contributed by atoms with Crippen LogP contribution >= 0.6 is 34.4 Å². The van der Waals surface area contributed by atoms with Crippen molar-refractivity contribution in [1.82, 2.24) is 19.6 Å². The number of aliphatic carboxylic acids is 2. The molecule has 5 heterocycles. The minimum absolute atomic E-state index is 0.0424. The summed E-state index contributed by atoms with van der Waals surface area (Å²) in [5, 5.41) is 28.2. The Morgan fingerprint density at radius 2 is 2.13 bits per heavy atom. The Kier molecular flexibility index (Phi) is 7.04. The van der Waals surface area contributed by atoms with Gasteiger partial charge in [0.05, 0.1) is 0 Å². The average molecular weight is 593 g/mol. The predicted molar refractivity (Wildman–Crippen MR) is 141 cm³/mol. The lowest BCUT2D eigenvalue weighted by Crippen LogP contribution is -2.71. The Balaban J connectivity index is 1.36. The highest BCUT2D eigenvalue weighted by Crippen LogP contribution is 2.40. The van der Waals surface area contributed by atoms with Crippen LogP contribution in [0, 0.1) is 6.92 Å². The van der Waals surface area contributed by atoms with Crippen molar-refractivity contribution in [2.24, 2.45) is 5.16 Å². The van der Waals surface area contributed by atoms with Crippen molar-refractivity contribution in [3.8, 4) is 0 Å². The smallest absolute Gasteiger partial charge is 0.352 e. The van der Waals surface area contributed by atoms with Gasteiger partial charge in [0.25, 0.3) is 17.6 Å². The average Bonchev–Trinajstić information content (AvgIpc) is 3.60. The van der Waals surface area contributed by atoms with Gasteiger partial charge >= 0.3 is 11.9 Å². The van der Waals surface area contributed by atoms with E-state index in [1.165, 1.54) is 29.0 Å². The summed E-state index contributed by atoms with van der Waals surface area (Å²) in [4.78, 5) is 60.7. The Hall–Kier alpha value is -3.96. The largest absolute Gasteiger partial charge is 0.478 e. The molecule has 0 saturated carbocycles. The summed E-state index contributed by atoms with van der Waals surface area (Å²) in [6.07, 6.45) is 2.52. The number of nitrogens with two attached hydrogens (primary N) is 1. The number of imidazole rings is 1. The number of nitrogen functional groups attached to an aromatic ring is 1. The van der Waals surface area contributed by atoms with E-state index in [1.54, 1.807) is 11.3 Å². The molecule has 204 valence electrons. The van der Waals surface area contributed by atoms with E-state index in [0.29, 0.717) is 17.9 Å². The van der Waals surface area contributed by atoms with Gasteiger partial charge in [-0.1, -0.05) is 16.5 Å². The summed E-state index contributed by atoms with van der Waals surface area (Å²) in [5.41, 5.74) is 5.82. The standard InChI is InChI=1S/C22H21N7O7S3/c1-9(20(32)33)36-26-14(12-8-39-22(23)24-12)17(30)25-15-18(31)29-16(21(34)35)11(7-38-19(15)29)5-27-6-13-28(10(27)2)3-4-37-13/h3-4,6,8-9,15,19H,5,7H2,1-2H3,(H4-,23,24,25,30,32,33,34,35)/p+1/b26-14-/t9-,15+,19+/m0/s1. The summed E-state index contributed by atoms with van der Waals surface area (Å²) in [6.45, 7) is 3.46. The summed E-state index contributed by atoms with van der Waals surface area (Å²) < 4.78 is 3.94. The zero-order valence-corrected chi connectivity index (χ0v) is 22.9.